The van der Waals surface area contributed by atoms with Crippen molar-refractivity contribution in [3.63, 3.8) is 0 Å². The van der Waals surface area contributed by atoms with Gasteiger partial charge in [-0.3, -0.25) is 14.9 Å². The summed E-state index contributed by atoms with van der Waals surface area (Å²) in [7, 11) is 0. The molecule has 0 atom stereocenters. The Morgan fingerprint density at radius 2 is 1.84 bits per heavy atom. The van der Waals surface area contributed by atoms with Gasteiger partial charge in [0.05, 0.1) is 9.95 Å². The fraction of sp³-hybridized carbons (Fsp3) is 0.0435. The number of hydrogen-bond donors (Lipinski definition) is 1. The van der Waals surface area contributed by atoms with E-state index in [0.717, 1.165) is 5.56 Å². The van der Waals surface area contributed by atoms with E-state index < -0.39 is 10.8 Å². The maximum Gasteiger partial charge on any atom is 0.269 e. The summed E-state index contributed by atoms with van der Waals surface area (Å²) in [6.07, 6.45) is 1.43. The van der Waals surface area contributed by atoms with E-state index in [1.165, 1.54) is 18.2 Å². The number of nitro groups is 1. The Hall–Kier alpha value is -4.15. The molecule has 3 rings (SSSR count). The molecule has 7 nitrogen and oxygen atoms in total. The van der Waals surface area contributed by atoms with Crippen molar-refractivity contribution in [3.8, 4) is 11.8 Å². The molecule has 1 N–H and O–H groups in total. The van der Waals surface area contributed by atoms with Gasteiger partial charge in [-0.15, -0.1) is 0 Å². The second-order valence-electron chi connectivity index (χ2n) is 6.39. The highest BCUT2D eigenvalue weighted by Crippen LogP contribution is 2.27. The number of para-hydroxylation sites is 1. The van der Waals surface area contributed by atoms with Gasteiger partial charge in [-0.2, -0.15) is 5.26 Å². The van der Waals surface area contributed by atoms with E-state index in [1.807, 2.05) is 12.1 Å². The minimum Gasteiger partial charge on any atom is -0.487 e. The molecular weight excluding hydrogens is 418 g/mol. The highest BCUT2D eigenvalue weighted by atomic mass is 35.5. The van der Waals surface area contributed by atoms with E-state index in [0.29, 0.717) is 22.0 Å². The van der Waals surface area contributed by atoms with Crippen LogP contribution in [0.25, 0.3) is 6.08 Å². The number of anilines is 1. The summed E-state index contributed by atoms with van der Waals surface area (Å²) >= 11 is 6.27. The number of nitriles is 1. The van der Waals surface area contributed by atoms with E-state index >= 15 is 0 Å². The molecule has 0 saturated heterocycles. The van der Waals surface area contributed by atoms with Crippen molar-refractivity contribution in [1.29, 1.82) is 5.26 Å². The van der Waals surface area contributed by atoms with Crippen LogP contribution in [0.4, 0.5) is 11.4 Å². The molecule has 3 aromatic rings. The fourth-order valence-corrected chi connectivity index (χ4v) is 2.88. The molecule has 31 heavy (non-hydrogen) atoms. The zero-order valence-corrected chi connectivity index (χ0v) is 16.9. The minimum absolute atomic E-state index is 0.00233. The highest BCUT2D eigenvalue weighted by molar-refractivity contribution is 6.32. The molecule has 0 radical (unpaired) electrons. The zero-order valence-electron chi connectivity index (χ0n) is 16.1. The van der Waals surface area contributed by atoms with Crippen molar-refractivity contribution in [2.75, 3.05) is 5.32 Å². The first kappa shape index (κ1) is 21.6. The average Bonchev–Trinajstić information content (AvgIpc) is 2.77. The molecule has 0 fully saturated rings. The Morgan fingerprint density at radius 1 is 1.13 bits per heavy atom. The molecule has 0 heterocycles. The molecule has 0 aliphatic heterocycles. The average molecular weight is 434 g/mol. The van der Waals surface area contributed by atoms with Crippen LogP contribution in [0.15, 0.2) is 78.4 Å². The van der Waals surface area contributed by atoms with Crippen LogP contribution in [-0.4, -0.2) is 10.8 Å². The lowest BCUT2D eigenvalue weighted by atomic mass is 10.1. The summed E-state index contributed by atoms with van der Waals surface area (Å²) in [5, 5.41) is 23.0. The number of non-ortho nitro benzene ring substituents is 1. The second-order valence-corrected chi connectivity index (χ2v) is 6.80. The fourth-order valence-electron chi connectivity index (χ4n) is 2.63. The SMILES string of the molecule is N#C/C(=C\c1ccc(OCc2ccc([N+](=O)[O-])cc2)c(Cl)c1)C(=O)Nc1ccccc1. The van der Waals surface area contributed by atoms with Gasteiger partial charge in [0, 0.05) is 17.8 Å². The maximum atomic E-state index is 12.3. The van der Waals surface area contributed by atoms with Gasteiger partial charge in [0.25, 0.3) is 11.6 Å². The molecule has 1 amide bonds. The molecule has 0 aromatic heterocycles. The molecular formula is C23H16ClN3O4. The van der Waals surface area contributed by atoms with Gasteiger partial charge in [0.15, 0.2) is 0 Å². The molecule has 154 valence electrons. The van der Waals surface area contributed by atoms with Crippen LogP contribution in [0.2, 0.25) is 5.02 Å². The summed E-state index contributed by atoms with van der Waals surface area (Å²) < 4.78 is 5.67. The Labute approximate surface area is 183 Å². The van der Waals surface area contributed by atoms with Crippen LogP contribution < -0.4 is 10.1 Å². The first-order valence-electron chi connectivity index (χ1n) is 9.10. The Morgan fingerprint density at radius 3 is 2.45 bits per heavy atom. The lowest BCUT2D eigenvalue weighted by Crippen LogP contribution is -2.13. The van der Waals surface area contributed by atoms with Crippen molar-refractivity contribution in [2.24, 2.45) is 0 Å². The van der Waals surface area contributed by atoms with Crippen LogP contribution >= 0.6 is 11.6 Å². The van der Waals surface area contributed by atoms with E-state index in [9.17, 15) is 20.2 Å². The number of ether oxygens (including phenoxy) is 1. The van der Waals surface area contributed by atoms with Gasteiger partial charge in [0.2, 0.25) is 0 Å². The second kappa shape index (κ2) is 10.1. The van der Waals surface area contributed by atoms with E-state index in [4.69, 9.17) is 16.3 Å². The molecule has 0 aliphatic carbocycles. The molecule has 0 bridgehead atoms. The summed E-state index contributed by atoms with van der Waals surface area (Å²) in [6.45, 7) is 0.176. The molecule has 8 heteroatoms. The van der Waals surface area contributed by atoms with Crippen molar-refractivity contribution in [1.82, 2.24) is 0 Å². The number of carbonyl (C=O) groups excluding carboxylic acids is 1. The van der Waals surface area contributed by atoms with Crippen LogP contribution in [0.5, 0.6) is 5.75 Å². The third-order valence-corrected chi connectivity index (χ3v) is 4.50. The number of carbonyl (C=O) groups is 1. The van der Waals surface area contributed by atoms with Crippen molar-refractivity contribution < 1.29 is 14.5 Å². The Bertz CT molecular complexity index is 1170. The van der Waals surface area contributed by atoms with Gasteiger partial charge in [0.1, 0.15) is 24.0 Å². The highest BCUT2D eigenvalue weighted by Gasteiger charge is 2.11. The lowest BCUT2D eigenvalue weighted by molar-refractivity contribution is -0.384. The van der Waals surface area contributed by atoms with Gasteiger partial charge in [-0.05, 0) is 53.6 Å². The number of rotatable bonds is 7. The number of halogens is 1. The van der Waals surface area contributed by atoms with Crippen molar-refractivity contribution in [3.05, 3.63) is 105 Å². The summed E-state index contributed by atoms with van der Waals surface area (Å²) in [5.41, 5.74) is 1.83. The Kier molecular flexibility index (Phi) is 6.99. The summed E-state index contributed by atoms with van der Waals surface area (Å²) in [5.74, 6) is -0.118. The largest absolute Gasteiger partial charge is 0.487 e. The molecule has 3 aromatic carbocycles. The smallest absolute Gasteiger partial charge is 0.269 e. The quantitative estimate of drug-likeness (QED) is 0.233. The number of nitrogens with one attached hydrogen (secondary N) is 1. The van der Waals surface area contributed by atoms with Gasteiger partial charge < -0.3 is 10.1 Å². The topological polar surface area (TPSA) is 105 Å². The number of amides is 1. The summed E-state index contributed by atoms with van der Waals surface area (Å²) in [6, 6.07) is 21.6. The third kappa shape index (κ3) is 5.92. The molecule has 0 saturated carbocycles. The third-order valence-electron chi connectivity index (χ3n) is 4.21. The number of nitro benzene ring substituents is 1. The van der Waals surface area contributed by atoms with Gasteiger partial charge >= 0.3 is 0 Å². The predicted molar refractivity (Wildman–Crippen MR) is 118 cm³/mol. The van der Waals surface area contributed by atoms with E-state index in [1.54, 1.807) is 54.6 Å². The lowest BCUT2D eigenvalue weighted by Gasteiger charge is -2.09. The molecule has 0 spiro atoms. The number of hydrogen-bond acceptors (Lipinski definition) is 5. The molecule has 0 unspecified atom stereocenters. The van der Waals surface area contributed by atoms with Crippen LogP contribution in [0, 0.1) is 21.4 Å². The predicted octanol–water partition coefficient (Wildman–Crippen LogP) is 5.37. The van der Waals surface area contributed by atoms with Crippen LogP contribution in [0.3, 0.4) is 0 Å². The monoisotopic (exact) mass is 433 g/mol. The van der Waals surface area contributed by atoms with Gasteiger partial charge in [-0.25, -0.2) is 0 Å². The van der Waals surface area contributed by atoms with Crippen molar-refractivity contribution >= 4 is 35.0 Å². The Balaban J connectivity index is 1.68. The minimum atomic E-state index is -0.525. The van der Waals surface area contributed by atoms with E-state index in [2.05, 4.69) is 5.32 Å². The van der Waals surface area contributed by atoms with Crippen LogP contribution in [0.1, 0.15) is 11.1 Å². The number of benzene rings is 3. The van der Waals surface area contributed by atoms with Gasteiger partial charge in [-0.1, -0.05) is 35.9 Å². The first-order chi connectivity index (χ1) is 15.0. The summed E-state index contributed by atoms with van der Waals surface area (Å²) in [4.78, 5) is 22.6. The number of nitrogens with zero attached hydrogens (tertiary/aromatic N) is 2. The van der Waals surface area contributed by atoms with E-state index in [-0.39, 0.29) is 17.9 Å². The first-order valence-corrected chi connectivity index (χ1v) is 9.48. The van der Waals surface area contributed by atoms with Crippen molar-refractivity contribution in [2.45, 2.75) is 6.61 Å². The standard InChI is InChI=1S/C23H16ClN3O4/c24-21-13-17(12-18(14-25)23(28)26-19-4-2-1-3-5-19)8-11-22(21)31-15-16-6-9-20(10-7-16)27(29)30/h1-13H,15H2,(H,26,28)/b18-12+. The normalized spacial score (nSPS) is 10.8. The zero-order chi connectivity index (χ0) is 22.2. The maximum absolute atomic E-state index is 12.3. The molecule has 0 aliphatic rings. The van der Waals surface area contributed by atoms with Crippen LogP contribution in [-0.2, 0) is 11.4 Å².